The van der Waals surface area contributed by atoms with Gasteiger partial charge in [0.1, 0.15) is 25.0 Å². The summed E-state index contributed by atoms with van der Waals surface area (Å²) < 4.78 is 17.4. The number of benzene rings is 2. The van der Waals surface area contributed by atoms with Gasteiger partial charge in [-0.1, -0.05) is 22.0 Å². The molecule has 0 amide bonds. The van der Waals surface area contributed by atoms with E-state index >= 15 is 0 Å². The predicted molar refractivity (Wildman–Crippen MR) is 92.3 cm³/mol. The van der Waals surface area contributed by atoms with E-state index < -0.39 is 0 Å². The second-order valence-corrected chi connectivity index (χ2v) is 6.03. The average Bonchev–Trinajstić information content (AvgIpc) is 2.50. The number of hydrogen-bond acceptors (Lipinski definition) is 4. The van der Waals surface area contributed by atoms with Gasteiger partial charge in [-0.3, -0.25) is 0 Å². The first-order valence-electron chi connectivity index (χ1n) is 7.15. The fraction of sp³-hybridized carbons (Fsp3) is 0.278. The van der Waals surface area contributed by atoms with Gasteiger partial charge in [-0.15, -0.1) is 0 Å². The van der Waals surface area contributed by atoms with Crippen molar-refractivity contribution in [2.75, 3.05) is 20.3 Å². The molecule has 0 unspecified atom stereocenters. The molecular weight excluding hydrogens is 358 g/mol. The van der Waals surface area contributed by atoms with Gasteiger partial charge in [0.2, 0.25) is 0 Å². The summed E-state index contributed by atoms with van der Waals surface area (Å²) in [7, 11) is 1.54. The number of rotatable bonds is 6. The predicted octanol–water partition coefficient (Wildman–Crippen LogP) is 4.40. The number of methoxy groups -OCH3 is 1. The normalized spacial score (nSPS) is 10.0. The summed E-state index contributed by atoms with van der Waals surface area (Å²) >= 11 is 3.34. The average molecular weight is 376 g/mol. The Morgan fingerprint density at radius 3 is 2.26 bits per heavy atom. The molecule has 23 heavy (non-hydrogen) atoms. The van der Waals surface area contributed by atoms with E-state index in [1.165, 1.54) is 0 Å². The van der Waals surface area contributed by atoms with Crippen molar-refractivity contribution in [1.82, 2.24) is 0 Å². The van der Waals surface area contributed by atoms with Crippen LogP contribution >= 0.6 is 15.9 Å². The standard InChI is InChI=1S/C18H18BrNO3/c1-12-6-13(2)8-16(7-12)22-4-5-23-18-14(11-20)9-15(19)10-17(18)21-3/h6-10H,4-5H2,1-3H3. The molecular formula is C18H18BrNO3. The van der Waals surface area contributed by atoms with Crippen LogP contribution in [-0.4, -0.2) is 20.3 Å². The zero-order chi connectivity index (χ0) is 16.8. The van der Waals surface area contributed by atoms with Gasteiger partial charge in [0.15, 0.2) is 11.5 Å². The highest BCUT2D eigenvalue weighted by atomic mass is 79.9. The lowest BCUT2D eigenvalue weighted by atomic mass is 10.1. The molecule has 0 spiro atoms. The Morgan fingerprint density at radius 2 is 1.65 bits per heavy atom. The molecule has 0 bridgehead atoms. The van der Waals surface area contributed by atoms with Crippen molar-refractivity contribution in [3.05, 3.63) is 51.5 Å². The molecule has 5 heteroatoms. The Bertz CT molecular complexity index is 718. The van der Waals surface area contributed by atoms with Crippen molar-refractivity contribution in [3.8, 4) is 23.3 Å². The van der Waals surface area contributed by atoms with E-state index in [0.29, 0.717) is 30.3 Å². The summed E-state index contributed by atoms with van der Waals surface area (Å²) in [5.74, 6) is 1.76. The number of aryl methyl sites for hydroxylation is 2. The molecule has 0 aromatic heterocycles. The number of halogens is 1. The topological polar surface area (TPSA) is 51.5 Å². The van der Waals surface area contributed by atoms with E-state index in [9.17, 15) is 5.26 Å². The van der Waals surface area contributed by atoms with Crippen LogP contribution in [0.25, 0.3) is 0 Å². The largest absolute Gasteiger partial charge is 0.493 e. The molecule has 0 saturated carbocycles. The third-order valence-corrected chi connectivity index (χ3v) is 3.61. The first-order chi connectivity index (χ1) is 11.0. The van der Waals surface area contributed by atoms with Crippen molar-refractivity contribution >= 4 is 15.9 Å². The third-order valence-electron chi connectivity index (χ3n) is 3.15. The van der Waals surface area contributed by atoms with Crippen molar-refractivity contribution < 1.29 is 14.2 Å². The first kappa shape index (κ1) is 17.2. The van der Waals surface area contributed by atoms with E-state index in [1.54, 1.807) is 19.2 Å². The lowest BCUT2D eigenvalue weighted by molar-refractivity contribution is 0.210. The Morgan fingerprint density at radius 1 is 1.00 bits per heavy atom. The van der Waals surface area contributed by atoms with Crippen LogP contribution in [0.15, 0.2) is 34.8 Å². The quantitative estimate of drug-likeness (QED) is 0.701. The fourth-order valence-corrected chi connectivity index (χ4v) is 2.71. The van der Waals surface area contributed by atoms with Crippen LogP contribution in [0, 0.1) is 25.2 Å². The molecule has 0 aliphatic rings. The van der Waals surface area contributed by atoms with Crippen LogP contribution in [0.5, 0.6) is 17.2 Å². The molecule has 0 atom stereocenters. The summed E-state index contributed by atoms with van der Waals surface area (Å²) in [6.07, 6.45) is 0. The van der Waals surface area contributed by atoms with Gasteiger partial charge >= 0.3 is 0 Å². The van der Waals surface area contributed by atoms with Gasteiger partial charge in [-0.25, -0.2) is 0 Å². The number of nitriles is 1. The number of hydrogen-bond donors (Lipinski definition) is 0. The van der Waals surface area contributed by atoms with Crippen molar-refractivity contribution in [3.63, 3.8) is 0 Å². The van der Waals surface area contributed by atoms with Gasteiger partial charge in [-0.2, -0.15) is 5.26 Å². The maximum absolute atomic E-state index is 9.22. The van der Waals surface area contributed by atoms with E-state index in [4.69, 9.17) is 14.2 Å². The zero-order valence-electron chi connectivity index (χ0n) is 13.4. The van der Waals surface area contributed by atoms with Gasteiger partial charge in [0.05, 0.1) is 12.7 Å². The molecule has 2 aromatic carbocycles. The number of ether oxygens (including phenoxy) is 3. The first-order valence-corrected chi connectivity index (χ1v) is 7.94. The summed E-state index contributed by atoms with van der Waals surface area (Å²) in [4.78, 5) is 0. The molecule has 0 N–H and O–H groups in total. The zero-order valence-corrected chi connectivity index (χ0v) is 14.9. The second kappa shape index (κ2) is 7.89. The minimum Gasteiger partial charge on any atom is -0.493 e. The highest BCUT2D eigenvalue weighted by Gasteiger charge is 2.12. The van der Waals surface area contributed by atoms with Crippen LogP contribution in [0.4, 0.5) is 0 Å². The second-order valence-electron chi connectivity index (χ2n) is 5.12. The summed E-state index contributed by atoms with van der Waals surface area (Å²) in [6.45, 7) is 4.76. The summed E-state index contributed by atoms with van der Waals surface area (Å²) in [6, 6.07) is 11.6. The van der Waals surface area contributed by atoms with Gasteiger partial charge in [0, 0.05) is 4.47 Å². The van der Waals surface area contributed by atoms with E-state index in [-0.39, 0.29) is 0 Å². The third kappa shape index (κ3) is 4.64. The van der Waals surface area contributed by atoms with E-state index in [0.717, 1.165) is 21.3 Å². The van der Waals surface area contributed by atoms with E-state index in [1.807, 2.05) is 26.0 Å². The fourth-order valence-electron chi connectivity index (χ4n) is 2.27. The molecule has 120 valence electrons. The van der Waals surface area contributed by atoms with Crippen LogP contribution < -0.4 is 14.2 Å². The monoisotopic (exact) mass is 375 g/mol. The lowest BCUT2D eigenvalue weighted by Gasteiger charge is -2.13. The molecule has 0 aliphatic carbocycles. The van der Waals surface area contributed by atoms with E-state index in [2.05, 4.69) is 28.1 Å². The highest BCUT2D eigenvalue weighted by Crippen LogP contribution is 2.34. The maximum Gasteiger partial charge on any atom is 0.179 e. The number of nitrogens with zero attached hydrogens (tertiary/aromatic N) is 1. The lowest BCUT2D eigenvalue weighted by Crippen LogP contribution is -2.10. The molecule has 0 fully saturated rings. The summed E-state index contributed by atoms with van der Waals surface area (Å²) in [5, 5.41) is 9.22. The van der Waals surface area contributed by atoms with Crippen LogP contribution in [0.1, 0.15) is 16.7 Å². The van der Waals surface area contributed by atoms with Crippen molar-refractivity contribution in [2.45, 2.75) is 13.8 Å². The molecule has 0 saturated heterocycles. The Balaban J connectivity index is 2.00. The molecule has 2 aromatic rings. The van der Waals surface area contributed by atoms with Crippen LogP contribution in [-0.2, 0) is 0 Å². The van der Waals surface area contributed by atoms with Crippen LogP contribution in [0.2, 0.25) is 0 Å². The molecule has 0 heterocycles. The minimum absolute atomic E-state index is 0.319. The molecule has 2 rings (SSSR count). The Hall–Kier alpha value is -2.19. The smallest absolute Gasteiger partial charge is 0.179 e. The summed E-state index contributed by atoms with van der Waals surface area (Å²) in [5.41, 5.74) is 2.73. The van der Waals surface area contributed by atoms with Gasteiger partial charge < -0.3 is 14.2 Å². The highest BCUT2D eigenvalue weighted by molar-refractivity contribution is 9.10. The molecule has 4 nitrogen and oxygen atoms in total. The van der Waals surface area contributed by atoms with Crippen molar-refractivity contribution in [1.29, 1.82) is 5.26 Å². The Labute approximate surface area is 144 Å². The molecule has 0 aliphatic heterocycles. The Kier molecular flexibility index (Phi) is 5.89. The SMILES string of the molecule is COc1cc(Br)cc(C#N)c1OCCOc1cc(C)cc(C)c1. The van der Waals surface area contributed by atoms with Gasteiger partial charge in [0.25, 0.3) is 0 Å². The van der Waals surface area contributed by atoms with Gasteiger partial charge in [-0.05, 0) is 49.2 Å². The maximum atomic E-state index is 9.22. The molecule has 0 radical (unpaired) electrons. The minimum atomic E-state index is 0.319. The van der Waals surface area contributed by atoms with Crippen molar-refractivity contribution in [2.24, 2.45) is 0 Å². The van der Waals surface area contributed by atoms with Crippen LogP contribution in [0.3, 0.4) is 0 Å².